The van der Waals surface area contributed by atoms with Gasteiger partial charge in [-0.05, 0) is 74.6 Å². The van der Waals surface area contributed by atoms with Gasteiger partial charge in [-0.1, -0.05) is 80.3 Å². The number of benzene rings is 2. The molecule has 3 aliphatic rings. The van der Waals surface area contributed by atoms with Gasteiger partial charge in [0.05, 0.1) is 17.2 Å². The lowest BCUT2D eigenvalue weighted by molar-refractivity contribution is -0.150. The maximum atomic E-state index is 14.6. The maximum Gasteiger partial charge on any atom is 0.457 e. The van der Waals surface area contributed by atoms with Crippen LogP contribution in [0.25, 0.3) is 10.4 Å². The van der Waals surface area contributed by atoms with Crippen molar-refractivity contribution in [3.8, 4) is 0 Å². The van der Waals surface area contributed by atoms with E-state index in [0.29, 0.717) is 29.7 Å². The summed E-state index contributed by atoms with van der Waals surface area (Å²) in [4.78, 5) is 60.2. The second-order valence-corrected chi connectivity index (χ2v) is 16.5. The summed E-state index contributed by atoms with van der Waals surface area (Å²) in [5.74, 6) is -2.63. The molecule has 0 aromatic heterocycles. The Morgan fingerprint density at radius 1 is 1.08 bits per heavy atom. The van der Waals surface area contributed by atoms with E-state index in [0.717, 1.165) is 11.1 Å². The van der Waals surface area contributed by atoms with E-state index in [1.165, 1.54) is 9.80 Å². The Morgan fingerprint density at radius 2 is 1.73 bits per heavy atom. The van der Waals surface area contributed by atoms with Crippen LogP contribution in [0.5, 0.6) is 0 Å². The van der Waals surface area contributed by atoms with Crippen LogP contribution in [-0.2, 0) is 30.1 Å². The minimum Gasteiger partial charge on any atom is -0.465 e. The van der Waals surface area contributed by atoms with Crippen LogP contribution in [0.1, 0.15) is 88.8 Å². The van der Waals surface area contributed by atoms with Crippen molar-refractivity contribution >= 4 is 42.5 Å². The molecule has 3 aliphatic heterocycles. The molecule has 2 saturated heterocycles. The molecular weight excluding hydrogens is 689 g/mol. The third-order valence-electron chi connectivity index (χ3n) is 10.9. The van der Waals surface area contributed by atoms with Crippen molar-refractivity contribution < 1.29 is 38.3 Å². The zero-order valence-corrected chi connectivity index (χ0v) is 31.6. The third kappa shape index (κ3) is 7.66. The number of likely N-dealkylation sites (tertiary alicyclic amines) is 1. The fraction of sp³-hybridized carbons (Fsp3) is 0.568. The Bertz CT molecular complexity index is 1750. The Balaban J connectivity index is 1.45. The van der Waals surface area contributed by atoms with E-state index in [1.54, 1.807) is 42.5 Å². The van der Waals surface area contributed by atoms with E-state index in [4.69, 9.17) is 25.6 Å². The first-order chi connectivity index (χ1) is 24.3. The van der Waals surface area contributed by atoms with E-state index in [2.05, 4.69) is 10.0 Å². The van der Waals surface area contributed by atoms with Crippen molar-refractivity contribution in [3.05, 3.63) is 80.7 Å². The zero-order chi connectivity index (χ0) is 38.2. The Kier molecular flexibility index (Phi) is 11.1. The quantitative estimate of drug-likeness (QED) is 0.0670. The number of carbonyl (C=O) groups is 4. The number of hydrogen-bond acceptors (Lipinski definition) is 8. The minimum absolute atomic E-state index is 0.0133. The first-order valence-electron chi connectivity index (χ1n) is 17.6. The minimum atomic E-state index is -1.88. The molecule has 0 radical (unpaired) electrons. The summed E-state index contributed by atoms with van der Waals surface area (Å²) < 4.78 is 17.9. The van der Waals surface area contributed by atoms with Gasteiger partial charge >= 0.3 is 19.2 Å². The van der Waals surface area contributed by atoms with Gasteiger partial charge < -0.3 is 24.1 Å². The first-order valence-corrected chi connectivity index (χ1v) is 17.9. The Labute approximate surface area is 309 Å². The van der Waals surface area contributed by atoms with Crippen LogP contribution >= 0.6 is 11.6 Å². The van der Waals surface area contributed by atoms with E-state index in [-0.39, 0.29) is 19.5 Å². The number of rotatable bonds is 10. The predicted molar refractivity (Wildman–Crippen MR) is 195 cm³/mol. The van der Waals surface area contributed by atoms with E-state index < -0.39 is 77.6 Å². The van der Waals surface area contributed by atoms with E-state index in [1.807, 2.05) is 54.5 Å². The molecule has 0 spiro atoms. The zero-order valence-electron chi connectivity index (χ0n) is 30.8. The lowest BCUT2D eigenvalue weighted by Crippen LogP contribution is -2.57. The number of azide groups is 1. The number of amides is 2. The van der Waals surface area contributed by atoms with E-state index in [9.17, 15) is 29.8 Å². The highest BCUT2D eigenvalue weighted by atomic mass is 35.5. The number of carbonyl (C=O) groups excluding carboxylic acids is 3. The van der Waals surface area contributed by atoms with Crippen LogP contribution in [0.3, 0.4) is 0 Å². The number of esters is 1. The molecule has 15 heteroatoms. The van der Waals surface area contributed by atoms with Crippen molar-refractivity contribution in [1.82, 2.24) is 9.80 Å². The molecule has 0 aliphatic carbocycles. The largest absolute Gasteiger partial charge is 0.465 e. The molecule has 1 N–H and O–H groups in total. The van der Waals surface area contributed by atoms with Crippen LogP contribution in [0.15, 0.2) is 53.6 Å². The summed E-state index contributed by atoms with van der Waals surface area (Å²) in [6.45, 7) is 12.6. The van der Waals surface area contributed by atoms with Gasteiger partial charge in [0.15, 0.2) is 17.9 Å². The number of Topliss-reactive ketones (excluding diaryl/α,β-unsaturated/α-hetero) is 1. The van der Waals surface area contributed by atoms with Gasteiger partial charge in [-0.15, -0.1) is 0 Å². The lowest BCUT2D eigenvalue weighted by atomic mass is 9.75. The molecule has 4 atom stereocenters. The van der Waals surface area contributed by atoms with Gasteiger partial charge in [-0.2, -0.15) is 0 Å². The molecule has 278 valence electrons. The number of ether oxygens (including phenoxy) is 1. The second kappa shape index (κ2) is 14.7. The average molecular weight is 736 g/mol. The highest BCUT2D eigenvalue weighted by molar-refractivity contribution is 6.45. The molecule has 2 fully saturated rings. The molecule has 2 aromatic rings. The SMILES string of the molecule is CC(C)(C)C1c2cc(Cl)ccc2CC(C(=O)N2C[C@H](CCCB3OC(C)(C)C(C)(C)O3)[C@](N=[N+]=[N-])(C(=O)OCC(=O)c3ccccc3)C2)N1C(=O)O. The monoisotopic (exact) mass is 735 g/mol. The van der Waals surface area contributed by atoms with Gasteiger partial charge in [0.25, 0.3) is 0 Å². The van der Waals surface area contributed by atoms with Crippen LogP contribution in [0.2, 0.25) is 11.3 Å². The van der Waals surface area contributed by atoms with Gasteiger partial charge in [0.1, 0.15) is 6.04 Å². The van der Waals surface area contributed by atoms with Gasteiger partial charge in [-0.25, -0.2) is 4.79 Å². The Morgan fingerprint density at radius 3 is 2.33 bits per heavy atom. The van der Waals surface area contributed by atoms with Crippen molar-refractivity contribution in [1.29, 1.82) is 0 Å². The van der Waals surface area contributed by atoms with Crippen molar-refractivity contribution in [3.63, 3.8) is 0 Å². The number of carboxylic acid groups (broad SMARTS) is 1. The molecule has 5 rings (SSSR count). The summed E-state index contributed by atoms with van der Waals surface area (Å²) in [5, 5.41) is 15.1. The van der Waals surface area contributed by atoms with Crippen LogP contribution < -0.4 is 0 Å². The van der Waals surface area contributed by atoms with Gasteiger partial charge in [0, 0.05) is 40.9 Å². The molecule has 2 unspecified atom stereocenters. The van der Waals surface area contributed by atoms with E-state index >= 15 is 0 Å². The average Bonchev–Trinajstić information content (AvgIpc) is 3.54. The number of halogens is 1. The molecule has 3 heterocycles. The highest BCUT2D eigenvalue weighted by Gasteiger charge is 2.57. The number of nitrogens with zero attached hydrogens (tertiary/aromatic N) is 5. The van der Waals surface area contributed by atoms with Crippen molar-refractivity contribution in [2.75, 3.05) is 19.7 Å². The second-order valence-electron chi connectivity index (χ2n) is 16.0. The molecule has 0 saturated carbocycles. The molecule has 2 amide bonds. The molecule has 0 bridgehead atoms. The fourth-order valence-electron chi connectivity index (χ4n) is 7.63. The molecular formula is C37H47BClN5O8. The normalized spacial score (nSPS) is 24.9. The lowest BCUT2D eigenvalue weighted by Gasteiger charge is -2.47. The Hall–Kier alpha value is -4.10. The summed E-state index contributed by atoms with van der Waals surface area (Å²) in [6, 6.07) is 11.8. The smallest absolute Gasteiger partial charge is 0.457 e. The van der Waals surface area contributed by atoms with Gasteiger partial charge in [0.2, 0.25) is 5.91 Å². The standard InChI is InChI=1S/C37H47BClN5O8/c1-34(2,3)30-27-19-26(39)16-15-24(27)18-28(44(30)33(48)49)31(46)43-20-25(14-11-17-38-51-35(4,5)36(6,7)52-38)37(22-43,41-42-40)32(47)50-21-29(45)23-12-9-8-10-13-23/h8-10,12-13,15-16,19,25,28,30H,11,14,17-18,20-22H2,1-7H3,(H,48,49)/t25-,28?,30?,37-/m0/s1. The van der Waals surface area contributed by atoms with Crippen molar-refractivity contribution in [2.45, 2.75) is 103 Å². The topological polar surface area (TPSA) is 171 Å². The third-order valence-corrected chi connectivity index (χ3v) is 11.2. The van der Waals surface area contributed by atoms with Crippen LogP contribution in [0, 0.1) is 11.3 Å². The maximum absolute atomic E-state index is 14.6. The fourth-order valence-corrected chi connectivity index (χ4v) is 7.81. The van der Waals surface area contributed by atoms with Crippen LogP contribution in [0.4, 0.5) is 4.79 Å². The number of fused-ring (bicyclic) bond motifs is 1. The summed E-state index contributed by atoms with van der Waals surface area (Å²) in [7, 11) is -0.511. The number of hydrogen-bond donors (Lipinski definition) is 1. The van der Waals surface area contributed by atoms with Crippen molar-refractivity contribution in [2.24, 2.45) is 16.4 Å². The highest BCUT2D eigenvalue weighted by Crippen LogP contribution is 2.46. The summed E-state index contributed by atoms with van der Waals surface area (Å²) >= 11 is 6.36. The van der Waals surface area contributed by atoms with Gasteiger partial charge in [-0.3, -0.25) is 19.3 Å². The summed E-state index contributed by atoms with van der Waals surface area (Å²) in [6.07, 6.45) is 0.0638. The number of ketones is 1. The molecule has 52 heavy (non-hydrogen) atoms. The van der Waals surface area contributed by atoms with Crippen LogP contribution in [-0.4, -0.2) is 88.3 Å². The molecule has 13 nitrogen and oxygen atoms in total. The predicted octanol–water partition coefficient (Wildman–Crippen LogP) is 7.14. The summed E-state index contributed by atoms with van der Waals surface area (Å²) in [5.41, 5.74) is 8.09. The molecule has 2 aromatic carbocycles. The first kappa shape index (κ1) is 39.1.